The second kappa shape index (κ2) is 8.23. The number of rotatable bonds is 6. The molecule has 0 unspecified atom stereocenters. The maximum absolute atomic E-state index is 10.1. The standard InChI is InChI=1S/C16H30O3/c17-15(13-7-3-1-4-8-13)11-19-12-16(18)14-9-5-2-6-10-14/h13-18H,1-12H2/t15-,16-/m1/s1. The Kier molecular flexibility index (Phi) is 6.62. The Labute approximate surface area is 117 Å². The molecule has 0 aliphatic heterocycles. The molecule has 2 N–H and O–H groups in total. The molecule has 0 bridgehead atoms. The average Bonchev–Trinajstić information content (AvgIpc) is 2.49. The maximum atomic E-state index is 10.1. The Balaban J connectivity index is 1.59. The van der Waals surface area contributed by atoms with Gasteiger partial charge in [0.05, 0.1) is 25.4 Å². The molecule has 0 amide bonds. The summed E-state index contributed by atoms with van der Waals surface area (Å²) in [4.78, 5) is 0. The first-order valence-electron chi connectivity index (χ1n) is 8.21. The van der Waals surface area contributed by atoms with Crippen LogP contribution in [0.5, 0.6) is 0 Å². The van der Waals surface area contributed by atoms with E-state index < -0.39 is 0 Å². The van der Waals surface area contributed by atoms with Gasteiger partial charge in [0.15, 0.2) is 0 Å². The average molecular weight is 270 g/mol. The molecule has 0 aromatic rings. The molecule has 0 aromatic carbocycles. The molecule has 2 fully saturated rings. The van der Waals surface area contributed by atoms with Crippen LogP contribution in [-0.4, -0.2) is 35.6 Å². The highest BCUT2D eigenvalue weighted by Gasteiger charge is 2.24. The molecule has 2 saturated carbocycles. The summed E-state index contributed by atoms with van der Waals surface area (Å²) in [6.45, 7) is 0.795. The van der Waals surface area contributed by atoms with E-state index in [0.29, 0.717) is 25.0 Å². The fourth-order valence-corrected chi connectivity index (χ4v) is 3.62. The van der Waals surface area contributed by atoms with Crippen molar-refractivity contribution in [1.29, 1.82) is 0 Å². The predicted octanol–water partition coefficient (Wildman–Crippen LogP) is 2.89. The third kappa shape index (κ3) is 5.05. The van der Waals surface area contributed by atoms with Crippen LogP contribution < -0.4 is 0 Å². The molecule has 0 saturated heterocycles. The summed E-state index contributed by atoms with van der Waals surface area (Å²) in [6, 6.07) is 0. The van der Waals surface area contributed by atoms with Gasteiger partial charge < -0.3 is 14.9 Å². The summed E-state index contributed by atoms with van der Waals surface area (Å²) in [6.07, 6.45) is 11.5. The van der Waals surface area contributed by atoms with Crippen LogP contribution in [0.2, 0.25) is 0 Å². The lowest BCUT2D eigenvalue weighted by molar-refractivity contribution is -0.0493. The molecule has 112 valence electrons. The molecule has 0 radical (unpaired) electrons. The molecule has 0 spiro atoms. The topological polar surface area (TPSA) is 49.7 Å². The SMILES string of the molecule is O[C@H](COC[C@@H](O)C1CCCCC1)C1CCCCC1. The van der Waals surface area contributed by atoms with Gasteiger partial charge in [-0.1, -0.05) is 38.5 Å². The van der Waals surface area contributed by atoms with Crippen molar-refractivity contribution in [3.8, 4) is 0 Å². The number of hydrogen-bond acceptors (Lipinski definition) is 3. The van der Waals surface area contributed by atoms with Crippen molar-refractivity contribution in [2.75, 3.05) is 13.2 Å². The summed E-state index contributed by atoms with van der Waals surface area (Å²) in [5.41, 5.74) is 0. The number of aliphatic hydroxyl groups is 2. The van der Waals surface area contributed by atoms with Gasteiger partial charge in [0.2, 0.25) is 0 Å². The second-order valence-corrected chi connectivity index (χ2v) is 6.47. The Bertz CT molecular complexity index is 208. The van der Waals surface area contributed by atoms with Crippen LogP contribution in [0.1, 0.15) is 64.2 Å². The van der Waals surface area contributed by atoms with E-state index in [0.717, 1.165) is 25.7 Å². The molecule has 2 rings (SSSR count). The second-order valence-electron chi connectivity index (χ2n) is 6.47. The first kappa shape index (κ1) is 15.3. The Hall–Kier alpha value is -0.120. The summed E-state index contributed by atoms with van der Waals surface area (Å²) in [5.74, 6) is 0.834. The van der Waals surface area contributed by atoms with E-state index in [4.69, 9.17) is 4.74 Å². The molecule has 2 atom stereocenters. The van der Waals surface area contributed by atoms with Crippen LogP contribution in [0.25, 0.3) is 0 Å². The molecule has 3 heteroatoms. The molecule has 3 nitrogen and oxygen atoms in total. The lowest BCUT2D eigenvalue weighted by Gasteiger charge is -2.28. The molecule has 2 aliphatic rings. The zero-order chi connectivity index (χ0) is 13.5. The Morgan fingerprint density at radius 1 is 0.684 bits per heavy atom. The fraction of sp³-hybridized carbons (Fsp3) is 1.00. The Morgan fingerprint density at radius 3 is 1.42 bits per heavy atom. The van der Waals surface area contributed by atoms with E-state index in [9.17, 15) is 10.2 Å². The zero-order valence-electron chi connectivity index (χ0n) is 12.1. The van der Waals surface area contributed by atoms with Crippen molar-refractivity contribution in [3.05, 3.63) is 0 Å². The van der Waals surface area contributed by atoms with Crippen molar-refractivity contribution in [3.63, 3.8) is 0 Å². The minimum absolute atomic E-state index is 0.334. The molecular weight excluding hydrogens is 240 g/mol. The van der Waals surface area contributed by atoms with Crippen LogP contribution in [0, 0.1) is 11.8 Å². The first-order chi connectivity index (χ1) is 9.27. The minimum atomic E-state index is -0.334. The summed E-state index contributed by atoms with van der Waals surface area (Å²) < 4.78 is 5.56. The smallest absolute Gasteiger partial charge is 0.0801 e. The van der Waals surface area contributed by atoms with Gasteiger partial charge in [0.1, 0.15) is 0 Å². The monoisotopic (exact) mass is 270 g/mol. The third-order valence-corrected chi connectivity index (χ3v) is 4.97. The summed E-state index contributed by atoms with van der Waals surface area (Å²) >= 11 is 0. The maximum Gasteiger partial charge on any atom is 0.0801 e. The Morgan fingerprint density at radius 2 is 1.05 bits per heavy atom. The van der Waals surface area contributed by atoms with Crippen molar-refractivity contribution in [2.24, 2.45) is 11.8 Å². The van der Waals surface area contributed by atoms with Crippen LogP contribution in [0.3, 0.4) is 0 Å². The fourth-order valence-electron chi connectivity index (χ4n) is 3.62. The molecular formula is C16H30O3. The van der Waals surface area contributed by atoms with Crippen molar-refractivity contribution in [2.45, 2.75) is 76.4 Å². The van der Waals surface area contributed by atoms with Gasteiger partial charge in [-0.3, -0.25) is 0 Å². The van der Waals surface area contributed by atoms with Gasteiger partial charge in [0.25, 0.3) is 0 Å². The van der Waals surface area contributed by atoms with Crippen LogP contribution in [0.15, 0.2) is 0 Å². The first-order valence-corrected chi connectivity index (χ1v) is 8.21. The van der Waals surface area contributed by atoms with E-state index in [-0.39, 0.29) is 12.2 Å². The summed E-state index contributed by atoms with van der Waals surface area (Å²) in [5, 5.41) is 20.2. The normalized spacial score (nSPS) is 26.2. The highest BCUT2D eigenvalue weighted by Crippen LogP contribution is 2.28. The molecule has 19 heavy (non-hydrogen) atoms. The predicted molar refractivity (Wildman–Crippen MR) is 76.0 cm³/mol. The van der Waals surface area contributed by atoms with Crippen molar-refractivity contribution >= 4 is 0 Å². The molecule has 2 aliphatic carbocycles. The van der Waals surface area contributed by atoms with Crippen molar-refractivity contribution in [1.82, 2.24) is 0 Å². The van der Waals surface area contributed by atoms with Gasteiger partial charge in [-0.2, -0.15) is 0 Å². The van der Waals surface area contributed by atoms with E-state index in [1.807, 2.05) is 0 Å². The largest absolute Gasteiger partial charge is 0.390 e. The highest BCUT2D eigenvalue weighted by molar-refractivity contribution is 4.75. The van der Waals surface area contributed by atoms with Crippen molar-refractivity contribution < 1.29 is 14.9 Å². The number of aliphatic hydroxyl groups excluding tert-OH is 2. The number of ether oxygens (including phenoxy) is 1. The molecule has 0 heterocycles. The molecule has 0 aromatic heterocycles. The van der Waals surface area contributed by atoms with Crippen LogP contribution in [0.4, 0.5) is 0 Å². The third-order valence-electron chi connectivity index (χ3n) is 4.97. The summed E-state index contributed by atoms with van der Waals surface area (Å²) in [7, 11) is 0. The lowest BCUT2D eigenvalue weighted by atomic mass is 9.85. The van der Waals surface area contributed by atoms with E-state index in [1.54, 1.807) is 0 Å². The van der Waals surface area contributed by atoms with E-state index in [2.05, 4.69) is 0 Å². The van der Waals surface area contributed by atoms with Gasteiger partial charge in [-0.15, -0.1) is 0 Å². The quantitative estimate of drug-likeness (QED) is 0.780. The zero-order valence-corrected chi connectivity index (χ0v) is 12.1. The van der Waals surface area contributed by atoms with Crippen LogP contribution >= 0.6 is 0 Å². The number of hydrogen-bond donors (Lipinski definition) is 2. The van der Waals surface area contributed by atoms with Gasteiger partial charge in [0, 0.05) is 0 Å². The minimum Gasteiger partial charge on any atom is -0.390 e. The van der Waals surface area contributed by atoms with E-state index >= 15 is 0 Å². The van der Waals surface area contributed by atoms with Crippen LogP contribution in [-0.2, 0) is 4.74 Å². The highest BCUT2D eigenvalue weighted by atomic mass is 16.5. The van der Waals surface area contributed by atoms with E-state index in [1.165, 1.54) is 38.5 Å². The lowest BCUT2D eigenvalue weighted by Crippen LogP contribution is -2.32. The van der Waals surface area contributed by atoms with Gasteiger partial charge in [-0.25, -0.2) is 0 Å². The van der Waals surface area contributed by atoms with Gasteiger partial charge in [-0.05, 0) is 37.5 Å². The van der Waals surface area contributed by atoms with Gasteiger partial charge >= 0.3 is 0 Å².